The lowest BCUT2D eigenvalue weighted by Crippen LogP contribution is -2.26. The Balaban J connectivity index is 1.63. The first kappa shape index (κ1) is 23.9. The molecule has 1 aliphatic rings. The maximum atomic E-state index is 14.2. The van der Waals surface area contributed by atoms with Crippen molar-refractivity contribution in [2.45, 2.75) is 35.5 Å². The molecule has 1 heterocycles. The maximum absolute atomic E-state index is 14.2. The molecule has 1 amide bonds. The third-order valence-electron chi connectivity index (χ3n) is 5.24. The van der Waals surface area contributed by atoms with Crippen LogP contribution in [0.1, 0.15) is 30.9 Å². The van der Waals surface area contributed by atoms with Crippen LogP contribution in [0.3, 0.4) is 0 Å². The lowest BCUT2D eigenvalue weighted by Gasteiger charge is -2.19. The van der Waals surface area contributed by atoms with E-state index in [4.69, 9.17) is 4.74 Å². The largest absolute Gasteiger partial charge is 0.473 e. The zero-order valence-corrected chi connectivity index (χ0v) is 19.0. The molecule has 0 bridgehead atoms. The third-order valence-corrected chi connectivity index (χ3v) is 8.15. The summed E-state index contributed by atoms with van der Waals surface area (Å²) in [4.78, 5) is 28.1. The Bertz CT molecular complexity index is 1340. The predicted octanol–water partition coefficient (Wildman–Crippen LogP) is 4.21. The molecular weight excluding hydrogens is 493 g/mol. The van der Waals surface area contributed by atoms with Gasteiger partial charge in [0.25, 0.3) is 5.91 Å². The number of ketones is 1. The zero-order chi connectivity index (χ0) is 24.5. The van der Waals surface area contributed by atoms with Crippen LogP contribution in [0, 0.1) is 16.8 Å². The Morgan fingerprint density at radius 2 is 1.88 bits per heavy atom. The van der Waals surface area contributed by atoms with Crippen LogP contribution < -0.4 is 10.1 Å². The van der Waals surface area contributed by atoms with Gasteiger partial charge in [0.05, 0.1) is 16.3 Å². The molecule has 7 nitrogen and oxygen atoms in total. The van der Waals surface area contributed by atoms with E-state index in [1.807, 2.05) is 0 Å². The first-order valence-electron chi connectivity index (χ1n) is 10.0. The number of Topliss-reactive ketones (excluding diaryl/α,β-unsaturated/α-hetero) is 1. The van der Waals surface area contributed by atoms with Gasteiger partial charge in [-0.3, -0.25) is 14.9 Å². The predicted molar refractivity (Wildman–Crippen MR) is 117 cm³/mol. The van der Waals surface area contributed by atoms with E-state index in [1.54, 1.807) is 0 Å². The minimum absolute atomic E-state index is 0.0370. The number of carbonyl (C=O) groups excluding carboxylic acids is 2. The van der Waals surface area contributed by atoms with Crippen molar-refractivity contribution in [2.24, 2.45) is 0 Å². The minimum atomic E-state index is -3.76. The number of aromatic nitrogens is 1. The number of carbonyl (C=O) groups is 2. The summed E-state index contributed by atoms with van der Waals surface area (Å²) in [7, 11) is -3.76. The highest BCUT2D eigenvalue weighted by Crippen LogP contribution is 2.31. The van der Waals surface area contributed by atoms with Crippen LogP contribution in [0.4, 0.5) is 18.3 Å². The Hall–Kier alpha value is -3.25. The molecular formula is C22H17F3N2O5S2. The van der Waals surface area contributed by atoms with Crippen molar-refractivity contribution in [3.8, 4) is 5.75 Å². The van der Waals surface area contributed by atoms with Gasteiger partial charge in [-0.25, -0.2) is 22.2 Å². The zero-order valence-electron chi connectivity index (χ0n) is 17.3. The quantitative estimate of drug-likeness (QED) is 0.511. The number of ether oxygens (including phenoxy) is 1. The summed E-state index contributed by atoms with van der Waals surface area (Å²) in [5, 5.41) is 0.837. The number of thiazole rings is 1. The van der Waals surface area contributed by atoms with Gasteiger partial charge in [-0.15, -0.1) is 0 Å². The number of halogens is 3. The molecule has 0 radical (unpaired) electrons. The van der Waals surface area contributed by atoms with Crippen molar-refractivity contribution < 1.29 is 35.9 Å². The Labute approximate surface area is 196 Å². The maximum Gasteiger partial charge on any atom is 0.271 e. The first-order valence-corrected chi connectivity index (χ1v) is 12.4. The van der Waals surface area contributed by atoms with Gasteiger partial charge in [-0.05, 0) is 30.7 Å². The van der Waals surface area contributed by atoms with Gasteiger partial charge in [-0.1, -0.05) is 23.5 Å². The molecule has 0 spiro atoms. The molecule has 178 valence electrons. The lowest BCUT2D eigenvalue weighted by atomic mass is 10.1. The van der Waals surface area contributed by atoms with Gasteiger partial charge in [-0.2, -0.15) is 4.39 Å². The summed E-state index contributed by atoms with van der Waals surface area (Å²) >= 11 is 0.564. The first-order chi connectivity index (χ1) is 16.1. The number of sulfone groups is 1. The van der Waals surface area contributed by atoms with Crippen LogP contribution in [-0.4, -0.2) is 30.3 Å². The summed E-state index contributed by atoms with van der Waals surface area (Å²) in [6.07, 6.45) is -0.198. The molecule has 1 fully saturated rings. The minimum Gasteiger partial charge on any atom is -0.473 e. The molecule has 0 aliphatic heterocycles. The number of hydrogen-bond donors (Lipinski definition) is 1. The number of amides is 1. The second-order valence-electron chi connectivity index (χ2n) is 7.55. The lowest BCUT2D eigenvalue weighted by molar-refractivity contribution is -0.123. The normalized spacial score (nSPS) is 16.9. The van der Waals surface area contributed by atoms with Crippen LogP contribution in [0.15, 0.2) is 53.6 Å². The molecule has 1 aliphatic carbocycles. The summed E-state index contributed by atoms with van der Waals surface area (Å²) in [5.41, 5.74) is 0.153. The van der Waals surface area contributed by atoms with Crippen LogP contribution >= 0.6 is 11.3 Å². The van der Waals surface area contributed by atoms with Gasteiger partial charge in [0.1, 0.15) is 11.6 Å². The van der Waals surface area contributed by atoms with Gasteiger partial charge in [0.2, 0.25) is 6.10 Å². The Morgan fingerprint density at radius 3 is 2.47 bits per heavy atom. The number of anilines is 1. The summed E-state index contributed by atoms with van der Waals surface area (Å²) in [5.74, 6) is -3.27. The molecule has 0 saturated heterocycles. The van der Waals surface area contributed by atoms with Crippen LogP contribution in [0.5, 0.6) is 5.75 Å². The SMILES string of the molecule is O=C1CCC(S(=O)(=O)c2ccc(C(Oc3ccc(F)cc3F)C(=O)Nc3ncc(F)s3)cc2)C1. The van der Waals surface area contributed by atoms with E-state index in [1.165, 1.54) is 24.3 Å². The topological polar surface area (TPSA) is 102 Å². The van der Waals surface area contributed by atoms with E-state index in [9.17, 15) is 31.2 Å². The molecule has 2 atom stereocenters. The number of benzene rings is 2. The Kier molecular flexibility index (Phi) is 6.71. The van der Waals surface area contributed by atoms with E-state index in [0.29, 0.717) is 17.4 Å². The molecule has 1 saturated carbocycles. The highest BCUT2D eigenvalue weighted by atomic mass is 32.2. The fourth-order valence-corrected chi connectivity index (χ4v) is 5.80. The van der Waals surface area contributed by atoms with Crippen molar-refractivity contribution in [2.75, 3.05) is 5.32 Å². The van der Waals surface area contributed by atoms with E-state index >= 15 is 0 Å². The Morgan fingerprint density at radius 1 is 1.15 bits per heavy atom. The van der Waals surface area contributed by atoms with Crippen molar-refractivity contribution >= 4 is 38.0 Å². The van der Waals surface area contributed by atoms with Crippen molar-refractivity contribution in [3.05, 3.63) is 71.0 Å². The number of nitrogens with one attached hydrogen (secondary N) is 1. The van der Waals surface area contributed by atoms with Gasteiger partial charge in [0, 0.05) is 24.5 Å². The summed E-state index contributed by atoms with van der Waals surface area (Å²) in [6.45, 7) is 0. The molecule has 3 aromatic rings. The number of nitrogens with zero attached hydrogens (tertiary/aromatic N) is 1. The highest BCUT2D eigenvalue weighted by molar-refractivity contribution is 7.92. The average molecular weight is 511 g/mol. The van der Waals surface area contributed by atoms with E-state index in [0.717, 1.165) is 18.3 Å². The summed E-state index contributed by atoms with van der Waals surface area (Å²) in [6, 6.07) is 7.70. The standard InChI is InChI=1S/C22H17F3N2O5S2/c23-13-3-8-18(17(24)9-13)32-20(21(29)27-22-26-11-19(25)33-22)12-1-5-15(6-2-12)34(30,31)16-7-4-14(28)10-16/h1-3,5-6,8-9,11,16,20H,4,7,10H2,(H,26,27,29). The van der Waals surface area contributed by atoms with Crippen molar-refractivity contribution in [3.63, 3.8) is 0 Å². The molecule has 2 unspecified atom stereocenters. The second kappa shape index (κ2) is 9.55. The highest BCUT2D eigenvalue weighted by Gasteiger charge is 2.34. The van der Waals surface area contributed by atoms with Crippen LogP contribution in [0.2, 0.25) is 0 Å². The molecule has 4 rings (SSSR count). The third kappa shape index (κ3) is 5.12. The fourth-order valence-electron chi connectivity index (χ4n) is 3.52. The van der Waals surface area contributed by atoms with E-state index in [2.05, 4.69) is 10.3 Å². The molecule has 2 aromatic carbocycles. The van der Waals surface area contributed by atoms with Gasteiger partial charge in [0.15, 0.2) is 31.7 Å². The fraction of sp³-hybridized carbons (Fsp3) is 0.227. The smallest absolute Gasteiger partial charge is 0.271 e. The average Bonchev–Trinajstić information content (AvgIpc) is 3.41. The molecule has 1 N–H and O–H groups in total. The second-order valence-corrected chi connectivity index (χ2v) is 10.8. The van der Waals surface area contributed by atoms with Gasteiger partial charge < -0.3 is 4.74 Å². The van der Waals surface area contributed by atoms with Crippen molar-refractivity contribution in [1.29, 1.82) is 0 Å². The van der Waals surface area contributed by atoms with E-state index in [-0.39, 0.29) is 40.6 Å². The van der Waals surface area contributed by atoms with Crippen LogP contribution in [0.25, 0.3) is 0 Å². The van der Waals surface area contributed by atoms with Crippen molar-refractivity contribution in [1.82, 2.24) is 4.98 Å². The number of hydrogen-bond acceptors (Lipinski definition) is 7. The molecule has 1 aromatic heterocycles. The van der Waals surface area contributed by atoms with Crippen LogP contribution in [-0.2, 0) is 19.4 Å². The molecule has 12 heteroatoms. The number of rotatable bonds is 7. The van der Waals surface area contributed by atoms with Gasteiger partial charge >= 0.3 is 0 Å². The molecule has 34 heavy (non-hydrogen) atoms. The van der Waals surface area contributed by atoms with E-state index < -0.39 is 49.6 Å². The summed E-state index contributed by atoms with van der Waals surface area (Å²) < 4.78 is 71.8. The monoisotopic (exact) mass is 510 g/mol.